The van der Waals surface area contributed by atoms with Crippen molar-refractivity contribution in [3.05, 3.63) is 35.4 Å². The van der Waals surface area contributed by atoms with E-state index in [9.17, 15) is 4.79 Å². The van der Waals surface area contributed by atoms with Gasteiger partial charge in [0.15, 0.2) is 0 Å². The number of hydrogen-bond donors (Lipinski definition) is 0. The summed E-state index contributed by atoms with van der Waals surface area (Å²) in [5.41, 5.74) is 1.58. The Bertz CT molecular complexity index is 429. The predicted octanol–water partition coefficient (Wildman–Crippen LogP) is 2.75. The lowest BCUT2D eigenvalue weighted by Gasteiger charge is -2.26. The van der Waals surface area contributed by atoms with Gasteiger partial charge in [-0.25, -0.2) is 0 Å². The molecule has 0 saturated carbocycles. The fraction of sp³-hybridized carbons (Fsp3) is 0.467. The SMILES string of the molecule is CCCN(C(=O)Cc1ccc(C#N)cc1)C(C)C. The zero-order valence-electron chi connectivity index (χ0n) is 11.3. The van der Waals surface area contributed by atoms with E-state index < -0.39 is 0 Å². The maximum absolute atomic E-state index is 12.2. The first-order chi connectivity index (χ1) is 8.58. The van der Waals surface area contributed by atoms with Gasteiger partial charge in [0.1, 0.15) is 0 Å². The van der Waals surface area contributed by atoms with E-state index in [1.54, 1.807) is 12.1 Å². The number of nitrogens with zero attached hydrogens (tertiary/aromatic N) is 2. The molecule has 18 heavy (non-hydrogen) atoms. The second-order valence-electron chi connectivity index (χ2n) is 4.67. The molecule has 1 aromatic carbocycles. The van der Waals surface area contributed by atoms with Crippen LogP contribution in [0.4, 0.5) is 0 Å². The number of benzene rings is 1. The Morgan fingerprint density at radius 1 is 1.33 bits per heavy atom. The Hall–Kier alpha value is -1.82. The van der Waals surface area contributed by atoms with E-state index >= 15 is 0 Å². The van der Waals surface area contributed by atoms with Crippen LogP contribution in [0.5, 0.6) is 0 Å². The Morgan fingerprint density at radius 2 is 1.94 bits per heavy atom. The van der Waals surface area contributed by atoms with Gasteiger partial charge >= 0.3 is 0 Å². The van der Waals surface area contributed by atoms with Crippen molar-refractivity contribution >= 4 is 5.91 Å². The van der Waals surface area contributed by atoms with E-state index in [1.807, 2.05) is 30.9 Å². The minimum atomic E-state index is 0.150. The van der Waals surface area contributed by atoms with E-state index in [0.717, 1.165) is 18.5 Å². The smallest absolute Gasteiger partial charge is 0.227 e. The summed E-state index contributed by atoms with van der Waals surface area (Å²) in [5, 5.41) is 8.72. The third kappa shape index (κ3) is 3.89. The number of hydrogen-bond acceptors (Lipinski definition) is 2. The summed E-state index contributed by atoms with van der Waals surface area (Å²) in [4.78, 5) is 14.1. The molecule has 0 unspecified atom stereocenters. The molecule has 0 aliphatic rings. The van der Waals surface area contributed by atoms with Crippen molar-refractivity contribution in [3.63, 3.8) is 0 Å². The zero-order chi connectivity index (χ0) is 13.5. The zero-order valence-corrected chi connectivity index (χ0v) is 11.3. The molecular formula is C15H20N2O. The molecule has 0 aliphatic carbocycles. The largest absolute Gasteiger partial charge is 0.340 e. The number of nitriles is 1. The highest BCUT2D eigenvalue weighted by Crippen LogP contribution is 2.08. The van der Waals surface area contributed by atoms with Crippen LogP contribution in [0.3, 0.4) is 0 Å². The lowest BCUT2D eigenvalue weighted by atomic mass is 10.1. The Morgan fingerprint density at radius 3 is 2.39 bits per heavy atom. The van der Waals surface area contributed by atoms with Crippen LogP contribution in [0.1, 0.15) is 38.3 Å². The maximum atomic E-state index is 12.2. The summed E-state index contributed by atoms with van der Waals surface area (Å²) in [6, 6.07) is 9.51. The molecule has 96 valence electrons. The first-order valence-electron chi connectivity index (χ1n) is 6.37. The Balaban J connectivity index is 2.70. The Labute approximate surface area is 109 Å². The van der Waals surface area contributed by atoms with E-state index in [4.69, 9.17) is 5.26 Å². The van der Waals surface area contributed by atoms with Crippen LogP contribution in [0.15, 0.2) is 24.3 Å². The molecule has 0 saturated heterocycles. The van der Waals surface area contributed by atoms with Gasteiger partial charge in [0.25, 0.3) is 0 Å². The van der Waals surface area contributed by atoms with Gasteiger partial charge < -0.3 is 4.90 Å². The van der Waals surface area contributed by atoms with E-state index in [0.29, 0.717) is 12.0 Å². The van der Waals surface area contributed by atoms with Gasteiger partial charge in [-0.1, -0.05) is 19.1 Å². The maximum Gasteiger partial charge on any atom is 0.227 e. The van der Waals surface area contributed by atoms with E-state index in [2.05, 4.69) is 13.0 Å². The molecule has 0 fully saturated rings. The average molecular weight is 244 g/mol. The molecule has 0 aliphatic heterocycles. The third-order valence-electron chi connectivity index (χ3n) is 2.85. The van der Waals surface area contributed by atoms with Crippen LogP contribution in [0.25, 0.3) is 0 Å². The van der Waals surface area contributed by atoms with Crippen molar-refractivity contribution in [2.75, 3.05) is 6.54 Å². The summed E-state index contributed by atoms with van der Waals surface area (Å²) in [6.45, 7) is 6.94. The van der Waals surface area contributed by atoms with Crippen molar-refractivity contribution in [1.82, 2.24) is 4.90 Å². The van der Waals surface area contributed by atoms with Crippen LogP contribution in [-0.2, 0) is 11.2 Å². The molecule has 0 aromatic heterocycles. The highest BCUT2D eigenvalue weighted by molar-refractivity contribution is 5.79. The molecule has 1 aromatic rings. The molecular weight excluding hydrogens is 224 g/mol. The summed E-state index contributed by atoms with van der Waals surface area (Å²) in [7, 11) is 0. The number of amides is 1. The van der Waals surface area contributed by atoms with Crippen molar-refractivity contribution in [2.24, 2.45) is 0 Å². The van der Waals surface area contributed by atoms with Gasteiger partial charge in [-0.15, -0.1) is 0 Å². The molecule has 0 bridgehead atoms. The van der Waals surface area contributed by atoms with Crippen molar-refractivity contribution in [3.8, 4) is 6.07 Å². The summed E-state index contributed by atoms with van der Waals surface area (Å²) in [5.74, 6) is 0.150. The van der Waals surface area contributed by atoms with Gasteiger partial charge in [0.05, 0.1) is 18.1 Å². The molecule has 3 heteroatoms. The minimum absolute atomic E-state index is 0.150. The van der Waals surface area contributed by atoms with Gasteiger partial charge in [-0.2, -0.15) is 5.26 Å². The van der Waals surface area contributed by atoms with E-state index in [1.165, 1.54) is 0 Å². The predicted molar refractivity (Wildman–Crippen MR) is 72.0 cm³/mol. The molecule has 0 N–H and O–H groups in total. The molecule has 1 amide bonds. The highest BCUT2D eigenvalue weighted by Gasteiger charge is 2.15. The van der Waals surface area contributed by atoms with Crippen molar-refractivity contribution in [1.29, 1.82) is 5.26 Å². The lowest BCUT2D eigenvalue weighted by Crippen LogP contribution is -2.38. The minimum Gasteiger partial charge on any atom is -0.340 e. The molecule has 0 radical (unpaired) electrons. The molecule has 0 heterocycles. The number of carbonyl (C=O) groups excluding carboxylic acids is 1. The quantitative estimate of drug-likeness (QED) is 0.799. The van der Waals surface area contributed by atoms with Gasteiger partial charge in [0.2, 0.25) is 5.91 Å². The monoisotopic (exact) mass is 244 g/mol. The van der Waals surface area contributed by atoms with Crippen LogP contribution in [-0.4, -0.2) is 23.4 Å². The van der Waals surface area contributed by atoms with Gasteiger partial charge in [-0.05, 0) is 38.0 Å². The molecule has 1 rings (SSSR count). The summed E-state index contributed by atoms with van der Waals surface area (Å²) in [6.07, 6.45) is 1.38. The Kier molecular flexibility index (Phi) is 5.38. The van der Waals surface area contributed by atoms with Gasteiger partial charge in [-0.3, -0.25) is 4.79 Å². The lowest BCUT2D eigenvalue weighted by molar-refractivity contribution is -0.132. The topological polar surface area (TPSA) is 44.1 Å². The van der Waals surface area contributed by atoms with E-state index in [-0.39, 0.29) is 11.9 Å². The van der Waals surface area contributed by atoms with Crippen LogP contribution in [0, 0.1) is 11.3 Å². The second kappa shape index (κ2) is 6.80. The standard InChI is InChI=1S/C15H20N2O/c1-4-9-17(12(2)3)15(18)10-13-5-7-14(11-16)8-6-13/h5-8,12H,4,9-10H2,1-3H3. The third-order valence-corrected chi connectivity index (χ3v) is 2.85. The number of rotatable bonds is 5. The summed E-state index contributed by atoms with van der Waals surface area (Å²) < 4.78 is 0. The van der Waals surface area contributed by atoms with Gasteiger partial charge in [0, 0.05) is 12.6 Å². The molecule has 3 nitrogen and oxygen atoms in total. The first-order valence-corrected chi connectivity index (χ1v) is 6.37. The van der Waals surface area contributed by atoms with Crippen LogP contribution >= 0.6 is 0 Å². The normalized spacial score (nSPS) is 10.2. The fourth-order valence-corrected chi connectivity index (χ4v) is 1.89. The van der Waals surface area contributed by atoms with Crippen LogP contribution in [0.2, 0.25) is 0 Å². The number of carbonyl (C=O) groups is 1. The fourth-order valence-electron chi connectivity index (χ4n) is 1.89. The second-order valence-corrected chi connectivity index (χ2v) is 4.67. The highest BCUT2D eigenvalue weighted by atomic mass is 16.2. The van der Waals surface area contributed by atoms with Crippen molar-refractivity contribution < 1.29 is 4.79 Å². The van der Waals surface area contributed by atoms with Crippen LogP contribution < -0.4 is 0 Å². The summed E-state index contributed by atoms with van der Waals surface area (Å²) >= 11 is 0. The van der Waals surface area contributed by atoms with Crippen molar-refractivity contribution in [2.45, 2.75) is 39.7 Å². The molecule has 0 spiro atoms. The average Bonchev–Trinajstić information content (AvgIpc) is 2.36. The first kappa shape index (κ1) is 14.2. The molecule has 0 atom stereocenters.